The molecule has 2 unspecified atom stereocenters. The monoisotopic (exact) mass is 400 g/mol. The van der Waals surface area contributed by atoms with Gasteiger partial charge in [-0.3, -0.25) is 0 Å². The Morgan fingerprint density at radius 1 is 0.955 bits per heavy atom. The summed E-state index contributed by atoms with van der Waals surface area (Å²) in [5, 5.41) is 0. The minimum Gasteiger partial charge on any atom is -0.0763 e. The number of fused-ring (bicyclic) bond motifs is 3. The highest BCUT2D eigenvalue weighted by atomic mass is 127. The van der Waals surface area contributed by atoms with E-state index in [2.05, 4.69) is 91.0 Å². The highest BCUT2D eigenvalue weighted by molar-refractivity contribution is 14.1. The van der Waals surface area contributed by atoms with Crippen molar-refractivity contribution in [2.45, 2.75) is 43.9 Å². The van der Waals surface area contributed by atoms with E-state index in [1.54, 1.807) is 11.1 Å². The fraction of sp³-hybridized carbons (Fsp3) is 0.333. The van der Waals surface area contributed by atoms with Crippen LogP contribution in [-0.2, 0) is 5.41 Å². The summed E-state index contributed by atoms with van der Waals surface area (Å²) in [6.07, 6.45) is 5.12. The van der Waals surface area contributed by atoms with Gasteiger partial charge in [0.1, 0.15) is 0 Å². The summed E-state index contributed by atoms with van der Waals surface area (Å²) < 4.78 is 1.32. The SMILES string of the molecule is CC1(C)C2=CC(c3ccc(I)cc3)CCC2c2ccccc21. The molecule has 2 atom stereocenters. The maximum Gasteiger partial charge on any atom is 0.0130 e. The quantitative estimate of drug-likeness (QED) is 0.397. The molecule has 0 radical (unpaired) electrons. The average Bonchev–Trinajstić information content (AvgIpc) is 2.77. The highest BCUT2D eigenvalue weighted by Gasteiger charge is 2.43. The Labute approximate surface area is 146 Å². The minimum absolute atomic E-state index is 0.184. The zero-order valence-electron chi connectivity index (χ0n) is 13.1. The minimum atomic E-state index is 0.184. The second kappa shape index (κ2) is 5.23. The standard InChI is InChI=1S/C21H21I/c1-21(2)19-6-4-3-5-17(19)18-12-9-15(13-20(18)21)14-7-10-16(22)11-8-14/h3-8,10-11,13,15,18H,9,12H2,1-2H3. The van der Waals surface area contributed by atoms with Crippen molar-refractivity contribution in [1.29, 1.82) is 0 Å². The summed E-state index contributed by atoms with van der Waals surface area (Å²) in [6.45, 7) is 4.79. The molecule has 0 nitrogen and oxygen atoms in total. The van der Waals surface area contributed by atoms with Crippen molar-refractivity contribution in [3.05, 3.63) is 80.4 Å². The molecule has 0 fully saturated rings. The van der Waals surface area contributed by atoms with Gasteiger partial charge in [-0.15, -0.1) is 0 Å². The van der Waals surface area contributed by atoms with E-state index in [-0.39, 0.29) is 5.41 Å². The Balaban J connectivity index is 1.77. The second-order valence-electron chi connectivity index (χ2n) is 7.12. The molecule has 2 aliphatic carbocycles. The van der Waals surface area contributed by atoms with Gasteiger partial charge < -0.3 is 0 Å². The summed E-state index contributed by atoms with van der Waals surface area (Å²) in [4.78, 5) is 0. The molecule has 0 amide bonds. The van der Waals surface area contributed by atoms with Crippen molar-refractivity contribution in [2.24, 2.45) is 0 Å². The van der Waals surface area contributed by atoms with Crippen LogP contribution in [0.5, 0.6) is 0 Å². The van der Waals surface area contributed by atoms with Crippen LogP contribution in [0.3, 0.4) is 0 Å². The fourth-order valence-corrected chi connectivity index (χ4v) is 4.74. The zero-order valence-corrected chi connectivity index (χ0v) is 15.3. The van der Waals surface area contributed by atoms with Crippen LogP contribution in [0.25, 0.3) is 0 Å². The number of hydrogen-bond acceptors (Lipinski definition) is 0. The maximum absolute atomic E-state index is 2.58. The summed E-state index contributed by atoms with van der Waals surface area (Å²) in [6, 6.07) is 18.1. The molecule has 1 heteroatoms. The molecule has 4 rings (SSSR count). The van der Waals surface area contributed by atoms with Gasteiger partial charge in [0.15, 0.2) is 0 Å². The van der Waals surface area contributed by atoms with E-state index in [1.165, 1.54) is 27.5 Å². The van der Waals surface area contributed by atoms with E-state index in [0.29, 0.717) is 11.8 Å². The van der Waals surface area contributed by atoms with Crippen molar-refractivity contribution >= 4 is 22.6 Å². The number of rotatable bonds is 1. The molecule has 0 spiro atoms. The molecule has 2 aromatic rings. The van der Waals surface area contributed by atoms with Gasteiger partial charge in [-0.1, -0.05) is 61.9 Å². The van der Waals surface area contributed by atoms with Crippen molar-refractivity contribution in [1.82, 2.24) is 0 Å². The predicted octanol–water partition coefficient (Wildman–Crippen LogP) is 6.17. The van der Waals surface area contributed by atoms with Crippen molar-refractivity contribution in [3.8, 4) is 0 Å². The van der Waals surface area contributed by atoms with Crippen LogP contribution in [0.2, 0.25) is 0 Å². The van der Waals surface area contributed by atoms with Gasteiger partial charge in [-0.25, -0.2) is 0 Å². The Kier molecular flexibility index (Phi) is 3.44. The van der Waals surface area contributed by atoms with Gasteiger partial charge in [0.2, 0.25) is 0 Å². The van der Waals surface area contributed by atoms with Crippen LogP contribution in [0.1, 0.15) is 55.2 Å². The molecular formula is C21H21I. The molecular weight excluding hydrogens is 379 g/mol. The van der Waals surface area contributed by atoms with E-state index >= 15 is 0 Å². The predicted molar refractivity (Wildman–Crippen MR) is 101 cm³/mol. The summed E-state index contributed by atoms with van der Waals surface area (Å²) in [5.41, 5.74) is 6.40. The Hall–Kier alpha value is -1.09. The molecule has 22 heavy (non-hydrogen) atoms. The molecule has 2 aliphatic rings. The van der Waals surface area contributed by atoms with Crippen LogP contribution >= 0.6 is 22.6 Å². The van der Waals surface area contributed by atoms with Crippen molar-refractivity contribution in [2.75, 3.05) is 0 Å². The largest absolute Gasteiger partial charge is 0.0763 e. The van der Waals surface area contributed by atoms with E-state index < -0.39 is 0 Å². The lowest BCUT2D eigenvalue weighted by atomic mass is 9.73. The van der Waals surface area contributed by atoms with Gasteiger partial charge >= 0.3 is 0 Å². The van der Waals surface area contributed by atoms with Gasteiger partial charge in [-0.05, 0) is 64.3 Å². The zero-order chi connectivity index (χ0) is 15.3. The second-order valence-corrected chi connectivity index (χ2v) is 8.37. The number of benzene rings is 2. The highest BCUT2D eigenvalue weighted by Crippen LogP contribution is 2.55. The molecule has 112 valence electrons. The van der Waals surface area contributed by atoms with E-state index in [9.17, 15) is 0 Å². The third-order valence-electron chi connectivity index (χ3n) is 5.55. The number of allylic oxidation sites excluding steroid dienone is 2. The Morgan fingerprint density at radius 3 is 2.45 bits per heavy atom. The molecule has 0 saturated heterocycles. The van der Waals surface area contributed by atoms with E-state index in [4.69, 9.17) is 0 Å². The molecule has 0 bridgehead atoms. The smallest absolute Gasteiger partial charge is 0.0130 e. The lowest BCUT2D eigenvalue weighted by Crippen LogP contribution is -2.20. The maximum atomic E-state index is 2.58. The van der Waals surface area contributed by atoms with E-state index in [1.807, 2.05) is 0 Å². The molecule has 0 aromatic heterocycles. The van der Waals surface area contributed by atoms with Crippen molar-refractivity contribution < 1.29 is 0 Å². The van der Waals surface area contributed by atoms with Gasteiger partial charge in [0.05, 0.1) is 0 Å². The topological polar surface area (TPSA) is 0 Å². The lowest BCUT2D eigenvalue weighted by molar-refractivity contribution is 0.528. The van der Waals surface area contributed by atoms with Crippen LogP contribution in [0.4, 0.5) is 0 Å². The van der Waals surface area contributed by atoms with Crippen LogP contribution in [0.15, 0.2) is 60.2 Å². The summed E-state index contributed by atoms with van der Waals surface area (Å²) >= 11 is 2.38. The molecule has 0 N–H and O–H groups in total. The molecule has 0 saturated carbocycles. The number of hydrogen-bond donors (Lipinski definition) is 0. The normalized spacial score (nSPS) is 25.3. The van der Waals surface area contributed by atoms with Gasteiger partial charge in [0.25, 0.3) is 0 Å². The first kappa shape index (κ1) is 14.5. The fourth-order valence-electron chi connectivity index (χ4n) is 4.38. The average molecular weight is 400 g/mol. The lowest BCUT2D eigenvalue weighted by Gasteiger charge is -2.31. The summed E-state index contributed by atoms with van der Waals surface area (Å²) in [5.74, 6) is 1.23. The van der Waals surface area contributed by atoms with Crippen molar-refractivity contribution in [3.63, 3.8) is 0 Å². The first-order chi connectivity index (χ1) is 10.6. The first-order valence-corrected chi connectivity index (χ1v) is 9.22. The number of halogens is 1. The van der Waals surface area contributed by atoms with Crippen LogP contribution in [-0.4, -0.2) is 0 Å². The van der Waals surface area contributed by atoms with Crippen LogP contribution < -0.4 is 0 Å². The third-order valence-corrected chi connectivity index (χ3v) is 6.27. The molecule has 0 heterocycles. The Morgan fingerprint density at radius 2 is 1.68 bits per heavy atom. The third kappa shape index (κ3) is 2.17. The first-order valence-electron chi connectivity index (χ1n) is 8.14. The molecule has 0 aliphatic heterocycles. The molecule has 2 aromatic carbocycles. The van der Waals surface area contributed by atoms with Gasteiger partial charge in [0, 0.05) is 20.8 Å². The Bertz CT molecular complexity index is 737. The van der Waals surface area contributed by atoms with Gasteiger partial charge in [-0.2, -0.15) is 0 Å². The van der Waals surface area contributed by atoms with E-state index in [0.717, 1.165) is 0 Å². The van der Waals surface area contributed by atoms with Crippen LogP contribution in [0, 0.1) is 3.57 Å². The summed E-state index contributed by atoms with van der Waals surface area (Å²) in [7, 11) is 0.